The summed E-state index contributed by atoms with van der Waals surface area (Å²) in [4.78, 5) is 0. The van der Waals surface area contributed by atoms with Crippen LogP contribution < -0.4 is 14.2 Å². The molecular weight excluding hydrogens is 300 g/mol. The van der Waals surface area contributed by atoms with Crippen molar-refractivity contribution in [3.63, 3.8) is 0 Å². The van der Waals surface area contributed by atoms with E-state index in [0.29, 0.717) is 30.3 Å². The van der Waals surface area contributed by atoms with E-state index in [4.69, 9.17) is 14.2 Å². The number of ether oxygens (including phenoxy) is 3. The average Bonchev–Trinajstić information content (AvgIpc) is 2.55. The summed E-state index contributed by atoms with van der Waals surface area (Å²) in [6.45, 7) is 0.374. The van der Waals surface area contributed by atoms with E-state index in [9.17, 15) is 15.3 Å². The highest BCUT2D eigenvalue weighted by Gasteiger charge is 2.27. The first kappa shape index (κ1) is 15.1. The molecule has 0 saturated carbocycles. The second kappa shape index (κ2) is 5.79. The second-order valence-corrected chi connectivity index (χ2v) is 5.40. The van der Waals surface area contributed by atoms with Gasteiger partial charge in [0.1, 0.15) is 5.75 Å². The van der Waals surface area contributed by atoms with Crippen molar-refractivity contribution in [2.75, 3.05) is 20.8 Å². The summed E-state index contributed by atoms with van der Waals surface area (Å²) < 4.78 is 16.1. The highest BCUT2D eigenvalue weighted by Crippen LogP contribution is 2.45. The number of fused-ring (bicyclic) bond motifs is 1. The van der Waals surface area contributed by atoms with Gasteiger partial charge in [0.15, 0.2) is 23.0 Å². The zero-order chi connectivity index (χ0) is 16.6. The molecule has 2 aromatic rings. The van der Waals surface area contributed by atoms with Crippen LogP contribution in [0, 0.1) is 0 Å². The van der Waals surface area contributed by atoms with Crippen LogP contribution in [0.15, 0.2) is 24.3 Å². The number of hydrogen-bond donors (Lipinski definition) is 3. The van der Waals surface area contributed by atoms with Crippen molar-refractivity contribution in [2.24, 2.45) is 0 Å². The minimum atomic E-state index is -0.207. The Morgan fingerprint density at radius 2 is 1.78 bits per heavy atom. The summed E-state index contributed by atoms with van der Waals surface area (Å²) in [5, 5.41) is 29.4. The number of aromatic hydroxyl groups is 3. The predicted molar refractivity (Wildman–Crippen MR) is 82.9 cm³/mol. The quantitative estimate of drug-likeness (QED) is 0.754. The minimum Gasteiger partial charge on any atom is -0.504 e. The molecule has 1 aliphatic heterocycles. The first-order valence-electron chi connectivity index (χ1n) is 7.16. The van der Waals surface area contributed by atoms with Crippen LogP contribution in [0.1, 0.15) is 17.0 Å². The summed E-state index contributed by atoms with van der Waals surface area (Å²) in [5.74, 6) is 0.743. The van der Waals surface area contributed by atoms with Gasteiger partial charge in [0.25, 0.3) is 0 Å². The fourth-order valence-electron chi connectivity index (χ4n) is 2.88. The fourth-order valence-corrected chi connectivity index (χ4v) is 2.88. The maximum atomic E-state index is 10.2. The van der Waals surface area contributed by atoms with Gasteiger partial charge >= 0.3 is 0 Å². The molecule has 0 spiro atoms. The van der Waals surface area contributed by atoms with Crippen LogP contribution in [0.25, 0.3) is 0 Å². The molecule has 23 heavy (non-hydrogen) atoms. The predicted octanol–water partition coefficient (Wildman–Crippen LogP) is 2.54. The highest BCUT2D eigenvalue weighted by molar-refractivity contribution is 5.57. The summed E-state index contributed by atoms with van der Waals surface area (Å²) in [5.41, 5.74) is 1.58. The Labute approximate surface area is 133 Å². The number of phenolic OH excluding ortho intramolecular Hbond substituents is 3. The van der Waals surface area contributed by atoms with Crippen LogP contribution in [-0.4, -0.2) is 36.1 Å². The van der Waals surface area contributed by atoms with Crippen molar-refractivity contribution < 1.29 is 29.5 Å². The van der Waals surface area contributed by atoms with Crippen LogP contribution in [0.2, 0.25) is 0 Å². The van der Waals surface area contributed by atoms with Crippen molar-refractivity contribution in [3.05, 3.63) is 35.4 Å². The smallest absolute Gasteiger partial charge is 0.201 e. The molecule has 1 aliphatic rings. The Kier molecular flexibility index (Phi) is 3.82. The third kappa shape index (κ3) is 2.56. The summed E-state index contributed by atoms with van der Waals surface area (Å²) in [6, 6.07) is 6.41. The molecule has 6 nitrogen and oxygen atoms in total. The number of phenols is 3. The van der Waals surface area contributed by atoms with Crippen LogP contribution in [0.5, 0.6) is 34.5 Å². The maximum absolute atomic E-state index is 10.2. The molecule has 122 valence electrons. The van der Waals surface area contributed by atoms with Crippen LogP contribution in [0.3, 0.4) is 0 Å². The lowest BCUT2D eigenvalue weighted by atomic mass is 9.89. The molecule has 0 aliphatic carbocycles. The van der Waals surface area contributed by atoms with Crippen LogP contribution in [-0.2, 0) is 6.42 Å². The van der Waals surface area contributed by atoms with Crippen molar-refractivity contribution in [1.29, 1.82) is 0 Å². The van der Waals surface area contributed by atoms with Gasteiger partial charge in [-0.1, -0.05) is 6.07 Å². The highest BCUT2D eigenvalue weighted by atomic mass is 16.5. The third-order valence-corrected chi connectivity index (χ3v) is 4.05. The normalized spacial score (nSPS) is 16.3. The molecule has 0 aromatic heterocycles. The van der Waals surface area contributed by atoms with Gasteiger partial charge in [0.2, 0.25) is 5.75 Å². The lowest BCUT2D eigenvalue weighted by Crippen LogP contribution is -2.19. The molecule has 3 N–H and O–H groups in total. The topological polar surface area (TPSA) is 88.4 Å². The summed E-state index contributed by atoms with van der Waals surface area (Å²) in [6.07, 6.45) is 0.589. The van der Waals surface area contributed by atoms with E-state index in [2.05, 4.69) is 0 Å². The Morgan fingerprint density at radius 3 is 2.48 bits per heavy atom. The van der Waals surface area contributed by atoms with E-state index in [1.165, 1.54) is 26.4 Å². The van der Waals surface area contributed by atoms with Gasteiger partial charge in [-0.25, -0.2) is 0 Å². The van der Waals surface area contributed by atoms with Gasteiger partial charge in [0, 0.05) is 17.5 Å². The van der Waals surface area contributed by atoms with Gasteiger partial charge in [0.05, 0.1) is 20.8 Å². The first-order valence-corrected chi connectivity index (χ1v) is 7.16. The van der Waals surface area contributed by atoms with E-state index in [1.54, 1.807) is 6.07 Å². The maximum Gasteiger partial charge on any atom is 0.201 e. The van der Waals surface area contributed by atoms with Gasteiger partial charge in [-0.3, -0.25) is 0 Å². The molecular formula is C17H18O6. The molecule has 0 amide bonds. The number of methoxy groups -OCH3 is 2. The molecule has 0 saturated heterocycles. The van der Waals surface area contributed by atoms with E-state index >= 15 is 0 Å². The zero-order valence-corrected chi connectivity index (χ0v) is 12.9. The average molecular weight is 318 g/mol. The minimum absolute atomic E-state index is 0.0492. The van der Waals surface area contributed by atoms with E-state index in [0.717, 1.165) is 11.1 Å². The SMILES string of the molecule is COc1ccc([C@@H]2COc3cc(O)c(O)cc3C2)c(OC)c1O. The Hall–Kier alpha value is -2.76. The van der Waals surface area contributed by atoms with Crippen LogP contribution >= 0.6 is 0 Å². The molecule has 2 aromatic carbocycles. The van der Waals surface area contributed by atoms with E-state index in [-0.39, 0.29) is 23.2 Å². The van der Waals surface area contributed by atoms with Crippen molar-refractivity contribution in [3.8, 4) is 34.5 Å². The molecule has 0 radical (unpaired) electrons. The van der Waals surface area contributed by atoms with Crippen molar-refractivity contribution in [2.45, 2.75) is 12.3 Å². The molecule has 0 fully saturated rings. The van der Waals surface area contributed by atoms with Crippen molar-refractivity contribution in [1.82, 2.24) is 0 Å². The Balaban J connectivity index is 1.98. The molecule has 1 heterocycles. The Morgan fingerprint density at radius 1 is 1.04 bits per heavy atom. The lowest BCUT2D eigenvalue weighted by Gasteiger charge is -2.27. The van der Waals surface area contributed by atoms with E-state index < -0.39 is 0 Å². The molecule has 0 bridgehead atoms. The molecule has 6 heteroatoms. The van der Waals surface area contributed by atoms with Crippen molar-refractivity contribution >= 4 is 0 Å². The zero-order valence-electron chi connectivity index (χ0n) is 12.9. The van der Waals surface area contributed by atoms with Gasteiger partial charge < -0.3 is 29.5 Å². The lowest BCUT2D eigenvalue weighted by molar-refractivity contribution is 0.254. The van der Waals surface area contributed by atoms with Crippen LogP contribution in [0.4, 0.5) is 0 Å². The number of benzene rings is 2. The largest absolute Gasteiger partial charge is 0.504 e. The van der Waals surface area contributed by atoms with Gasteiger partial charge in [-0.15, -0.1) is 0 Å². The molecule has 1 atom stereocenters. The van der Waals surface area contributed by atoms with Gasteiger partial charge in [-0.05, 0) is 24.1 Å². The monoisotopic (exact) mass is 318 g/mol. The number of rotatable bonds is 3. The summed E-state index contributed by atoms with van der Waals surface area (Å²) >= 11 is 0. The Bertz CT molecular complexity index is 740. The standard InChI is InChI=1S/C17H18O6/c1-21-14-4-3-11(17(22-2)16(14)20)10-5-9-6-12(18)13(19)7-15(9)23-8-10/h3-4,6-7,10,18-20H,5,8H2,1-2H3/t10-/m0/s1. The molecule has 0 unspecified atom stereocenters. The number of hydrogen-bond acceptors (Lipinski definition) is 6. The fraction of sp³-hybridized carbons (Fsp3) is 0.294. The van der Waals surface area contributed by atoms with E-state index in [1.807, 2.05) is 6.07 Å². The second-order valence-electron chi connectivity index (χ2n) is 5.40. The first-order chi connectivity index (χ1) is 11.0. The summed E-state index contributed by atoms with van der Waals surface area (Å²) in [7, 11) is 2.96. The third-order valence-electron chi connectivity index (χ3n) is 4.05. The molecule has 3 rings (SSSR count). The van der Waals surface area contributed by atoms with Gasteiger partial charge in [-0.2, -0.15) is 0 Å².